The summed E-state index contributed by atoms with van der Waals surface area (Å²) in [4.78, 5) is 13.8. The van der Waals surface area contributed by atoms with E-state index >= 15 is 0 Å². The lowest BCUT2D eigenvalue weighted by molar-refractivity contribution is -0.151. The van der Waals surface area contributed by atoms with Crippen LogP contribution in [0.4, 0.5) is 0 Å². The molecule has 16 heavy (non-hydrogen) atoms. The maximum atomic E-state index is 11.7. The predicted molar refractivity (Wildman–Crippen MR) is 62.1 cm³/mol. The molecule has 0 aliphatic carbocycles. The van der Waals surface area contributed by atoms with Gasteiger partial charge in [0.15, 0.2) is 0 Å². The quantitative estimate of drug-likeness (QED) is 0.719. The molecule has 94 valence electrons. The molecule has 1 fully saturated rings. The molecule has 4 heteroatoms. The molecule has 1 N–H and O–H groups in total. The summed E-state index contributed by atoms with van der Waals surface area (Å²) in [5.41, 5.74) is 0. The Balaban J connectivity index is 2.49. The summed E-state index contributed by atoms with van der Waals surface area (Å²) in [6.07, 6.45) is 4.06. The third-order valence-electron chi connectivity index (χ3n) is 3.17. The molecule has 1 saturated heterocycles. The Morgan fingerprint density at radius 1 is 1.56 bits per heavy atom. The third-order valence-corrected chi connectivity index (χ3v) is 3.17. The minimum Gasteiger partial charge on any atom is -0.465 e. The standard InChI is InChI=1S/C12H23NO3/c1-3-8-16-12(15)10(2)13-7-5-4-6-11(13)9-14/h10-11,14H,3-9H2,1-2H3. The van der Waals surface area contributed by atoms with Crippen LogP contribution in [-0.2, 0) is 9.53 Å². The van der Waals surface area contributed by atoms with Crippen molar-refractivity contribution in [3.63, 3.8) is 0 Å². The number of aliphatic hydroxyl groups is 1. The largest absolute Gasteiger partial charge is 0.465 e. The summed E-state index contributed by atoms with van der Waals surface area (Å²) in [5, 5.41) is 9.27. The first-order chi connectivity index (χ1) is 7.70. The number of aliphatic hydroxyl groups excluding tert-OH is 1. The number of ether oxygens (including phenoxy) is 1. The van der Waals surface area contributed by atoms with Crippen LogP contribution in [0.3, 0.4) is 0 Å². The number of likely N-dealkylation sites (tertiary alicyclic amines) is 1. The minimum absolute atomic E-state index is 0.123. The van der Waals surface area contributed by atoms with Gasteiger partial charge in [0, 0.05) is 6.04 Å². The van der Waals surface area contributed by atoms with Crippen LogP contribution in [-0.4, -0.2) is 47.8 Å². The van der Waals surface area contributed by atoms with Crippen molar-refractivity contribution in [3.8, 4) is 0 Å². The number of rotatable bonds is 5. The Morgan fingerprint density at radius 2 is 2.31 bits per heavy atom. The van der Waals surface area contributed by atoms with Crippen LogP contribution in [0, 0.1) is 0 Å². The maximum absolute atomic E-state index is 11.7. The monoisotopic (exact) mass is 229 g/mol. The first-order valence-corrected chi connectivity index (χ1v) is 6.24. The van der Waals surface area contributed by atoms with E-state index in [0.29, 0.717) is 6.61 Å². The van der Waals surface area contributed by atoms with Crippen molar-refractivity contribution < 1.29 is 14.6 Å². The van der Waals surface area contributed by atoms with Gasteiger partial charge in [-0.05, 0) is 32.7 Å². The van der Waals surface area contributed by atoms with Crippen molar-refractivity contribution in [2.45, 2.75) is 51.6 Å². The highest BCUT2D eigenvalue weighted by Gasteiger charge is 2.30. The van der Waals surface area contributed by atoms with Crippen LogP contribution in [0.5, 0.6) is 0 Å². The van der Waals surface area contributed by atoms with Gasteiger partial charge in [0.25, 0.3) is 0 Å². The van der Waals surface area contributed by atoms with E-state index in [2.05, 4.69) is 4.90 Å². The molecule has 0 aromatic rings. The smallest absolute Gasteiger partial charge is 0.323 e. The van der Waals surface area contributed by atoms with E-state index in [1.807, 2.05) is 13.8 Å². The predicted octanol–water partition coefficient (Wildman–Crippen LogP) is 1.17. The zero-order valence-electron chi connectivity index (χ0n) is 10.3. The van der Waals surface area contributed by atoms with E-state index in [1.54, 1.807) is 0 Å². The van der Waals surface area contributed by atoms with Crippen molar-refractivity contribution in [2.24, 2.45) is 0 Å². The number of nitrogens with zero attached hydrogens (tertiary/aromatic N) is 1. The summed E-state index contributed by atoms with van der Waals surface area (Å²) in [6, 6.07) is -0.109. The van der Waals surface area contributed by atoms with Gasteiger partial charge in [-0.25, -0.2) is 0 Å². The summed E-state index contributed by atoms with van der Waals surface area (Å²) >= 11 is 0. The highest BCUT2D eigenvalue weighted by Crippen LogP contribution is 2.19. The first-order valence-electron chi connectivity index (χ1n) is 6.24. The van der Waals surface area contributed by atoms with Gasteiger partial charge >= 0.3 is 5.97 Å². The lowest BCUT2D eigenvalue weighted by atomic mass is 10.0. The van der Waals surface area contributed by atoms with E-state index in [-0.39, 0.29) is 24.7 Å². The Labute approximate surface area is 97.6 Å². The van der Waals surface area contributed by atoms with Gasteiger partial charge in [0.05, 0.1) is 13.2 Å². The summed E-state index contributed by atoms with van der Waals surface area (Å²) < 4.78 is 5.14. The molecule has 0 radical (unpaired) electrons. The minimum atomic E-state index is -0.232. The fourth-order valence-corrected chi connectivity index (χ4v) is 2.19. The van der Waals surface area contributed by atoms with Crippen LogP contribution >= 0.6 is 0 Å². The second-order valence-electron chi connectivity index (χ2n) is 4.41. The van der Waals surface area contributed by atoms with Gasteiger partial charge in [-0.1, -0.05) is 13.3 Å². The first kappa shape index (κ1) is 13.5. The third kappa shape index (κ3) is 3.46. The molecule has 4 nitrogen and oxygen atoms in total. The van der Waals surface area contributed by atoms with Crippen molar-refractivity contribution in [1.82, 2.24) is 4.90 Å². The second-order valence-corrected chi connectivity index (χ2v) is 4.41. The van der Waals surface area contributed by atoms with E-state index in [4.69, 9.17) is 4.74 Å². The second kappa shape index (κ2) is 6.86. The highest BCUT2D eigenvalue weighted by molar-refractivity contribution is 5.75. The Kier molecular flexibility index (Phi) is 5.77. The van der Waals surface area contributed by atoms with Crippen LogP contribution in [0.2, 0.25) is 0 Å². The van der Waals surface area contributed by atoms with Gasteiger partial charge < -0.3 is 9.84 Å². The molecule has 1 heterocycles. The lowest BCUT2D eigenvalue weighted by Crippen LogP contribution is -2.50. The van der Waals surface area contributed by atoms with Crippen LogP contribution in [0.1, 0.15) is 39.5 Å². The van der Waals surface area contributed by atoms with E-state index < -0.39 is 0 Å². The SMILES string of the molecule is CCCOC(=O)C(C)N1CCCCC1CO. The molecule has 2 atom stereocenters. The summed E-state index contributed by atoms with van der Waals surface area (Å²) in [6.45, 7) is 5.35. The molecule has 1 rings (SSSR count). The molecule has 0 saturated carbocycles. The molecule has 2 unspecified atom stereocenters. The fraction of sp³-hybridized carbons (Fsp3) is 0.917. The molecule has 0 aromatic carbocycles. The van der Waals surface area contributed by atoms with Gasteiger partial charge in [0.1, 0.15) is 6.04 Å². The van der Waals surface area contributed by atoms with Crippen LogP contribution in [0.15, 0.2) is 0 Å². The lowest BCUT2D eigenvalue weighted by Gasteiger charge is -2.37. The van der Waals surface area contributed by atoms with Gasteiger partial charge in [-0.3, -0.25) is 9.69 Å². The topological polar surface area (TPSA) is 49.8 Å². The molecule has 0 spiro atoms. The Bertz CT molecular complexity index is 220. The van der Waals surface area contributed by atoms with E-state index in [1.165, 1.54) is 0 Å². The molecule has 0 bridgehead atoms. The number of piperidine rings is 1. The highest BCUT2D eigenvalue weighted by atomic mass is 16.5. The fourth-order valence-electron chi connectivity index (χ4n) is 2.19. The maximum Gasteiger partial charge on any atom is 0.323 e. The van der Waals surface area contributed by atoms with Crippen molar-refractivity contribution in [2.75, 3.05) is 19.8 Å². The zero-order valence-corrected chi connectivity index (χ0v) is 10.3. The average Bonchev–Trinajstić information content (AvgIpc) is 2.34. The Morgan fingerprint density at radius 3 is 2.94 bits per heavy atom. The molecular formula is C12H23NO3. The number of hydrogen-bond donors (Lipinski definition) is 1. The molecule has 1 aliphatic rings. The van der Waals surface area contributed by atoms with E-state index in [9.17, 15) is 9.90 Å². The number of carbonyl (C=O) groups is 1. The van der Waals surface area contributed by atoms with E-state index in [0.717, 1.165) is 32.2 Å². The van der Waals surface area contributed by atoms with Crippen LogP contribution < -0.4 is 0 Å². The van der Waals surface area contributed by atoms with Gasteiger partial charge in [0.2, 0.25) is 0 Å². The number of carbonyl (C=O) groups excluding carboxylic acids is 1. The normalized spacial score (nSPS) is 24.1. The zero-order chi connectivity index (χ0) is 12.0. The van der Waals surface area contributed by atoms with Gasteiger partial charge in [-0.15, -0.1) is 0 Å². The van der Waals surface area contributed by atoms with Crippen LogP contribution in [0.25, 0.3) is 0 Å². The Hall–Kier alpha value is -0.610. The van der Waals surface area contributed by atoms with Crippen molar-refractivity contribution in [3.05, 3.63) is 0 Å². The molecule has 0 aromatic heterocycles. The molecular weight excluding hydrogens is 206 g/mol. The van der Waals surface area contributed by atoms with Gasteiger partial charge in [-0.2, -0.15) is 0 Å². The molecule has 0 amide bonds. The average molecular weight is 229 g/mol. The summed E-state index contributed by atoms with van der Waals surface area (Å²) in [7, 11) is 0. The number of esters is 1. The number of hydrogen-bond acceptors (Lipinski definition) is 4. The van der Waals surface area contributed by atoms with Crippen molar-refractivity contribution in [1.29, 1.82) is 0 Å². The molecule has 1 aliphatic heterocycles. The van der Waals surface area contributed by atoms with Crippen molar-refractivity contribution >= 4 is 5.97 Å². The summed E-state index contributed by atoms with van der Waals surface area (Å²) in [5.74, 6) is -0.165.